The molecule has 154 valence electrons. The van der Waals surface area contributed by atoms with Crippen LogP contribution in [-0.2, 0) is 14.3 Å². The largest absolute Gasteiger partial charge is 0.456 e. The number of ether oxygens (including phenoxy) is 1. The van der Waals surface area contributed by atoms with Crippen molar-refractivity contribution in [3.05, 3.63) is 75.4 Å². The molecule has 2 N–H and O–H groups in total. The van der Waals surface area contributed by atoms with E-state index in [-0.39, 0.29) is 19.1 Å². The summed E-state index contributed by atoms with van der Waals surface area (Å²) in [5.41, 5.74) is 3.95. The first-order chi connectivity index (χ1) is 14.4. The molecule has 2 aliphatic rings. The van der Waals surface area contributed by atoms with E-state index in [1.165, 1.54) is 4.90 Å². The number of rotatable bonds is 4. The van der Waals surface area contributed by atoms with Gasteiger partial charge in [0.15, 0.2) is 0 Å². The lowest BCUT2D eigenvalue weighted by Gasteiger charge is -2.32. The number of nitrogens with one attached hydrogen (secondary N) is 2. The second kappa shape index (κ2) is 7.84. The summed E-state index contributed by atoms with van der Waals surface area (Å²) in [7, 11) is 0. The van der Waals surface area contributed by atoms with Crippen molar-refractivity contribution in [2.75, 3.05) is 18.5 Å². The third kappa shape index (κ3) is 3.52. The summed E-state index contributed by atoms with van der Waals surface area (Å²) < 4.78 is 5.18. The maximum atomic E-state index is 12.8. The third-order valence-electron chi connectivity index (χ3n) is 5.39. The first kappa shape index (κ1) is 20.0. The van der Waals surface area contributed by atoms with E-state index < -0.39 is 18.0 Å². The Morgan fingerprint density at radius 1 is 1.20 bits per heavy atom. The van der Waals surface area contributed by atoms with Crippen molar-refractivity contribution in [1.29, 1.82) is 0 Å². The Labute approximate surface area is 178 Å². The molecule has 0 bridgehead atoms. The van der Waals surface area contributed by atoms with E-state index in [2.05, 4.69) is 10.6 Å². The van der Waals surface area contributed by atoms with Gasteiger partial charge in [-0.15, -0.1) is 0 Å². The van der Waals surface area contributed by atoms with E-state index >= 15 is 0 Å². The predicted octanol–water partition coefficient (Wildman–Crippen LogP) is 3.47. The summed E-state index contributed by atoms with van der Waals surface area (Å²) in [6.07, 6.45) is 0. The van der Waals surface area contributed by atoms with Crippen LogP contribution in [0.2, 0.25) is 5.02 Å². The lowest BCUT2D eigenvalue weighted by atomic mass is 9.95. The number of anilines is 1. The summed E-state index contributed by atoms with van der Waals surface area (Å²) in [4.78, 5) is 39.2. The molecule has 0 aliphatic carbocycles. The predicted molar refractivity (Wildman–Crippen MR) is 112 cm³/mol. The molecule has 4 rings (SSSR count). The fraction of sp³-hybridized carbons (Fsp3) is 0.227. The van der Waals surface area contributed by atoms with E-state index in [0.29, 0.717) is 27.5 Å². The summed E-state index contributed by atoms with van der Waals surface area (Å²) >= 11 is 6.28. The number of carbonyl (C=O) groups excluding carboxylic acids is 3. The van der Waals surface area contributed by atoms with Crippen LogP contribution in [0.15, 0.2) is 53.7 Å². The zero-order valence-corrected chi connectivity index (χ0v) is 17.2. The topological polar surface area (TPSA) is 87.7 Å². The Morgan fingerprint density at radius 3 is 2.73 bits per heavy atom. The van der Waals surface area contributed by atoms with Crippen LogP contribution in [0.25, 0.3) is 0 Å². The highest BCUT2D eigenvalue weighted by atomic mass is 35.5. The van der Waals surface area contributed by atoms with Gasteiger partial charge in [0.1, 0.15) is 13.2 Å². The van der Waals surface area contributed by atoms with E-state index in [1.807, 2.05) is 26.0 Å². The molecule has 2 heterocycles. The Kier molecular flexibility index (Phi) is 5.22. The van der Waals surface area contributed by atoms with E-state index in [1.54, 1.807) is 30.3 Å². The molecule has 0 aromatic heterocycles. The van der Waals surface area contributed by atoms with E-state index in [0.717, 1.165) is 11.1 Å². The molecule has 3 amide bonds. The SMILES string of the molecule is Cc1cccc(NC(=O)CN2C(=O)N[C@H](c3ccccc3Cl)C3=C2COC3=O)c1C. The van der Waals surface area contributed by atoms with Gasteiger partial charge in [-0.1, -0.05) is 41.9 Å². The standard InChI is InChI=1S/C22H20ClN3O4/c1-12-6-5-9-16(13(12)2)24-18(27)10-26-17-11-30-21(28)19(17)20(25-22(26)29)14-7-3-4-8-15(14)23/h3-9,20H,10-11H2,1-2H3,(H,24,27)(H,25,29)/t20-/m1/s1. The number of esters is 1. The number of amides is 3. The second-order valence-corrected chi connectivity index (χ2v) is 7.63. The molecule has 30 heavy (non-hydrogen) atoms. The fourth-order valence-corrected chi connectivity index (χ4v) is 3.89. The van der Waals surface area contributed by atoms with Gasteiger partial charge >= 0.3 is 12.0 Å². The number of benzene rings is 2. The summed E-state index contributed by atoms with van der Waals surface area (Å²) in [6, 6.07) is 11.4. The van der Waals surface area contributed by atoms with E-state index in [4.69, 9.17) is 16.3 Å². The highest BCUT2D eigenvalue weighted by Crippen LogP contribution is 2.37. The van der Waals surface area contributed by atoms with Crippen LogP contribution in [0.1, 0.15) is 22.7 Å². The molecule has 2 aromatic carbocycles. The lowest BCUT2D eigenvalue weighted by molar-refractivity contribution is -0.136. The first-order valence-corrected chi connectivity index (χ1v) is 9.83. The second-order valence-electron chi connectivity index (χ2n) is 7.22. The van der Waals surface area contributed by atoms with Crippen LogP contribution in [0.5, 0.6) is 0 Å². The van der Waals surface area contributed by atoms with Crippen LogP contribution < -0.4 is 10.6 Å². The van der Waals surface area contributed by atoms with Crippen molar-refractivity contribution in [2.24, 2.45) is 0 Å². The Balaban J connectivity index is 1.62. The fourth-order valence-electron chi connectivity index (χ4n) is 3.64. The van der Waals surface area contributed by atoms with E-state index in [9.17, 15) is 14.4 Å². The van der Waals surface area contributed by atoms with Crippen LogP contribution >= 0.6 is 11.6 Å². The van der Waals surface area contributed by atoms with Gasteiger partial charge in [-0.2, -0.15) is 0 Å². The number of hydrogen-bond acceptors (Lipinski definition) is 4. The maximum Gasteiger partial charge on any atom is 0.338 e. The van der Waals surface area contributed by atoms with Crippen LogP contribution in [0, 0.1) is 13.8 Å². The van der Waals surface area contributed by atoms with Crippen molar-refractivity contribution in [2.45, 2.75) is 19.9 Å². The first-order valence-electron chi connectivity index (χ1n) is 9.45. The molecule has 8 heteroatoms. The summed E-state index contributed by atoms with van der Waals surface area (Å²) in [6.45, 7) is 3.55. The van der Waals surface area contributed by atoms with Crippen molar-refractivity contribution in [1.82, 2.24) is 10.2 Å². The number of halogens is 1. The van der Waals surface area contributed by atoms with Crippen molar-refractivity contribution in [3.63, 3.8) is 0 Å². The van der Waals surface area contributed by atoms with Gasteiger partial charge in [-0.3, -0.25) is 9.69 Å². The number of hydrogen-bond donors (Lipinski definition) is 2. The smallest absolute Gasteiger partial charge is 0.338 e. The molecule has 0 spiro atoms. The number of carbonyl (C=O) groups is 3. The molecule has 1 atom stereocenters. The van der Waals surface area contributed by atoms with Gasteiger partial charge in [-0.05, 0) is 42.7 Å². The number of cyclic esters (lactones) is 1. The molecule has 0 saturated carbocycles. The summed E-state index contributed by atoms with van der Waals surface area (Å²) in [5, 5.41) is 6.04. The molecule has 0 saturated heterocycles. The zero-order valence-electron chi connectivity index (χ0n) is 16.5. The van der Waals surface area contributed by atoms with Gasteiger partial charge in [0.2, 0.25) is 5.91 Å². The summed E-state index contributed by atoms with van der Waals surface area (Å²) in [5.74, 6) is -0.906. The van der Waals surface area contributed by atoms with Gasteiger partial charge in [0, 0.05) is 10.7 Å². The highest BCUT2D eigenvalue weighted by molar-refractivity contribution is 6.31. The molecule has 0 fully saturated rings. The number of urea groups is 1. The minimum absolute atomic E-state index is 0.0701. The average Bonchev–Trinajstić information content (AvgIpc) is 3.10. The van der Waals surface area contributed by atoms with Crippen LogP contribution in [0.4, 0.5) is 10.5 Å². The average molecular weight is 426 g/mol. The lowest BCUT2D eigenvalue weighted by Crippen LogP contribution is -2.49. The molecular formula is C22H20ClN3O4. The van der Waals surface area contributed by atoms with Gasteiger partial charge in [0.25, 0.3) is 0 Å². The third-order valence-corrected chi connectivity index (χ3v) is 5.74. The quantitative estimate of drug-likeness (QED) is 0.734. The normalized spacial score (nSPS) is 18.1. The van der Waals surface area contributed by atoms with Gasteiger partial charge in [0.05, 0.1) is 17.3 Å². The molecule has 2 aliphatic heterocycles. The number of aryl methyl sites for hydroxylation is 1. The zero-order chi connectivity index (χ0) is 21.4. The molecule has 7 nitrogen and oxygen atoms in total. The van der Waals surface area contributed by atoms with Crippen molar-refractivity contribution in [3.8, 4) is 0 Å². The van der Waals surface area contributed by atoms with Gasteiger partial charge < -0.3 is 15.4 Å². The highest BCUT2D eigenvalue weighted by Gasteiger charge is 2.43. The van der Waals surface area contributed by atoms with Crippen molar-refractivity contribution < 1.29 is 19.1 Å². The number of nitrogens with zero attached hydrogens (tertiary/aromatic N) is 1. The van der Waals surface area contributed by atoms with Crippen molar-refractivity contribution >= 4 is 35.2 Å². The molecular weight excluding hydrogens is 406 g/mol. The maximum absolute atomic E-state index is 12.8. The Bertz CT molecular complexity index is 1100. The minimum Gasteiger partial charge on any atom is -0.456 e. The van der Waals surface area contributed by atoms with Crippen LogP contribution in [0.3, 0.4) is 0 Å². The minimum atomic E-state index is -0.727. The monoisotopic (exact) mass is 425 g/mol. The Hall–Kier alpha value is -3.32. The Morgan fingerprint density at radius 2 is 1.97 bits per heavy atom. The van der Waals surface area contributed by atoms with Gasteiger partial charge in [-0.25, -0.2) is 9.59 Å². The molecule has 0 radical (unpaired) electrons. The molecule has 0 unspecified atom stereocenters. The van der Waals surface area contributed by atoms with Crippen LogP contribution in [-0.4, -0.2) is 36.0 Å². The molecule has 2 aromatic rings.